The Hall–Kier alpha value is 0.0800. The zero-order valence-corrected chi connectivity index (χ0v) is 11.6. The lowest BCUT2D eigenvalue weighted by Gasteiger charge is -2.05. The average molecular weight is 382 g/mol. The fraction of sp³-hybridized carbons (Fsp3) is 0.375. The molecule has 90 valence electrons. The summed E-state index contributed by atoms with van der Waals surface area (Å²) in [7, 11) is 0. The highest BCUT2D eigenvalue weighted by Gasteiger charge is 2.28. The van der Waals surface area contributed by atoms with Crippen LogP contribution in [0.3, 0.4) is 0 Å². The zero-order valence-electron chi connectivity index (χ0n) is 7.61. The molecule has 0 N–H and O–H groups in total. The number of Topliss-reactive ketones (excluding diaryl/α,β-unsaturated/α-hetero) is 1. The minimum atomic E-state index is -4.41. The van der Waals surface area contributed by atoms with Crippen molar-refractivity contribution in [3.8, 4) is 0 Å². The standard InChI is InChI=1S/C8H5Br2F3O2S/c9-4-1-6(16-7(4)10)5(14)2-15-3-8(11,12)13/h1H,2-3H2. The Balaban J connectivity index is 2.47. The van der Waals surface area contributed by atoms with Gasteiger partial charge < -0.3 is 4.74 Å². The summed E-state index contributed by atoms with van der Waals surface area (Å²) in [4.78, 5) is 11.7. The van der Waals surface area contributed by atoms with Crippen molar-refractivity contribution < 1.29 is 22.7 Å². The molecule has 0 saturated heterocycles. The molecular weight excluding hydrogens is 377 g/mol. The highest BCUT2D eigenvalue weighted by atomic mass is 79.9. The molecule has 0 saturated carbocycles. The van der Waals surface area contributed by atoms with E-state index in [0.717, 1.165) is 11.3 Å². The highest BCUT2D eigenvalue weighted by Crippen LogP contribution is 2.32. The lowest BCUT2D eigenvalue weighted by molar-refractivity contribution is -0.170. The van der Waals surface area contributed by atoms with E-state index in [0.29, 0.717) is 13.1 Å². The molecule has 1 aromatic heterocycles. The summed E-state index contributed by atoms with van der Waals surface area (Å²) in [5.74, 6) is -0.472. The molecule has 0 radical (unpaired) electrons. The van der Waals surface area contributed by atoms with E-state index in [1.54, 1.807) is 0 Å². The van der Waals surface area contributed by atoms with Crippen LogP contribution in [0.15, 0.2) is 14.3 Å². The van der Waals surface area contributed by atoms with E-state index in [4.69, 9.17) is 0 Å². The molecule has 0 aliphatic heterocycles. The van der Waals surface area contributed by atoms with E-state index in [1.807, 2.05) is 0 Å². The Morgan fingerprint density at radius 2 is 2.06 bits per heavy atom. The summed E-state index contributed by atoms with van der Waals surface area (Å²) in [5, 5.41) is 0. The topological polar surface area (TPSA) is 26.3 Å². The molecule has 16 heavy (non-hydrogen) atoms. The first-order valence-corrected chi connectivity index (χ1v) is 6.32. The maximum atomic E-state index is 11.7. The Bertz CT molecular complexity index is 370. The van der Waals surface area contributed by atoms with Crippen molar-refractivity contribution >= 4 is 49.0 Å². The number of rotatable bonds is 4. The number of thiophene rings is 1. The van der Waals surface area contributed by atoms with Crippen molar-refractivity contribution in [1.29, 1.82) is 0 Å². The zero-order chi connectivity index (χ0) is 12.3. The van der Waals surface area contributed by atoms with Crippen LogP contribution in [-0.2, 0) is 4.74 Å². The van der Waals surface area contributed by atoms with Gasteiger partial charge in [0.25, 0.3) is 0 Å². The second-order valence-electron chi connectivity index (χ2n) is 2.76. The van der Waals surface area contributed by atoms with Crippen molar-refractivity contribution in [1.82, 2.24) is 0 Å². The van der Waals surface area contributed by atoms with Crippen LogP contribution in [0.4, 0.5) is 13.2 Å². The smallest absolute Gasteiger partial charge is 0.364 e. The lowest BCUT2D eigenvalue weighted by atomic mass is 10.3. The monoisotopic (exact) mass is 380 g/mol. The molecule has 0 amide bonds. The van der Waals surface area contributed by atoms with Crippen molar-refractivity contribution in [2.75, 3.05) is 13.2 Å². The van der Waals surface area contributed by atoms with Crippen molar-refractivity contribution in [2.45, 2.75) is 6.18 Å². The fourth-order valence-corrected chi connectivity index (χ4v) is 2.77. The molecule has 0 bridgehead atoms. The van der Waals surface area contributed by atoms with Crippen molar-refractivity contribution in [3.05, 3.63) is 19.2 Å². The first kappa shape index (κ1) is 14.1. The molecule has 2 nitrogen and oxygen atoms in total. The Morgan fingerprint density at radius 1 is 1.44 bits per heavy atom. The van der Waals surface area contributed by atoms with Crippen LogP contribution in [0.2, 0.25) is 0 Å². The van der Waals surface area contributed by atoms with E-state index >= 15 is 0 Å². The molecule has 0 atom stereocenters. The summed E-state index contributed by atoms with van der Waals surface area (Å²) in [5.41, 5.74) is 0. The van der Waals surface area contributed by atoms with E-state index in [2.05, 4.69) is 36.6 Å². The summed E-state index contributed by atoms with van der Waals surface area (Å²) in [6, 6.07) is 1.54. The maximum Gasteiger partial charge on any atom is 0.411 e. The fourth-order valence-electron chi connectivity index (χ4n) is 0.815. The van der Waals surface area contributed by atoms with Gasteiger partial charge in [0.1, 0.15) is 13.2 Å². The van der Waals surface area contributed by atoms with E-state index in [9.17, 15) is 18.0 Å². The number of ether oxygens (including phenoxy) is 1. The van der Waals surface area contributed by atoms with Crippen LogP contribution in [-0.4, -0.2) is 25.2 Å². The normalized spacial score (nSPS) is 11.8. The minimum Gasteiger partial charge on any atom is -0.364 e. The predicted octanol–water partition coefficient (Wildman–Crippen LogP) is 4.03. The SMILES string of the molecule is O=C(COCC(F)(F)F)c1cc(Br)c(Br)s1. The number of hydrogen-bond donors (Lipinski definition) is 0. The third-order valence-electron chi connectivity index (χ3n) is 1.42. The molecule has 1 rings (SSSR count). The van der Waals surface area contributed by atoms with E-state index in [1.165, 1.54) is 6.07 Å². The van der Waals surface area contributed by atoms with Gasteiger partial charge in [-0.15, -0.1) is 11.3 Å². The summed E-state index contributed by atoms with van der Waals surface area (Å²) < 4.78 is 40.9. The van der Waals surface area contributed by atoms with Crippen LogP contribution in [0.1, 0.15) is 9.67 Å². The van der Waals surface area contributed by atoms with Gasteiger partial charge in [-0.2, -0.15) is 13.2 Å². The average Bonchev–Trinajstić information content (AvgIpc) is 2.45. The van der Waals surface area contributed by atoms with Gasteiger partial charge in [-0.1, -0.05) is 0 Å². The van der Waals surface area contributed by atoms with Crippen LogP contribution in [0.25, 0.3) is 0 Å². The largest absolute Gasteiger partial charge is 0.411 e. The second-order valence-corrected chi connectivity index (χ2v) is 5.99. The predicted molar refractivity (Wildman–Crippen MR) is 60.9 cm³/mol. The number of carbonyl (C=O) groups excluding carboxylic acids is 1. The van der Waals surface area contributed by atoms with Crippen LogP contribution in [0, 0.1) is 0 Å². The number of alkyl halides is 3. The van der Waals surface area contributed by atoms with Gasteiger partial charge in [-0.05, 0) is 37.9 Å². The second kappa shape index (κ2) is 5.61. The molecular formula is C8H5Br2F3O2S. The lowest BCUT2D eigenvalue weighted by Crippen LogP contribution is -2.20. The molecule has 0 aliphatic rings. The van der Waals surface area contributed by atoms with Gasteiger partial charge in [0, 0.05) is 4.47 Å². The summed E-state index contributed by atoms with van der Waals surface area (Å²) >= 11 is 7.50. The first-order valence-electron chi connectivity index (χ1n) is 3.92. The Morgan fingerprint density at radius 3 is 2.50 bits per heavy atom. The molecule has 1 heterocycles. The summed E-state index contributed by atoms with van der Waals surface area (Å²) in [6.45, 7) is -1.98. The van der Waals surface area contributed by atoms with E-state index in [-0.39, 0.29) is 0 Å². The Labute approximate surface area is 110 Å². The molecule has 0 fully saturated rings. The Kier molecular flexibility index (Phi) is 4.96. The van der Waals surface area contributed by atoms with Gasteiger partial charge in [0.05, 0.1) is 8.66 Å². The van der Waals surface area contributed by atoms with Gasteiger partial charge >= 0.3 is 6.18 Å². The van der Waals surface area contributed by atoms with Gasteiger partial charge in [-0.25, -0.2) is 0 Å². The summed E-state index contributed by atoms with van der Waals surface area (Å²) in [6.07, 6.45) is -4.41. The highest BCUT2D eigenvalue weighted by molar-refractivity contribution is 9.13. The van der Waals surface area contributed by atoms with Gasteiger partial charge in [-0.3, -0.25) is 4.79 Å². The molecule has 1 aromatic rings. The molecule has 0 aliphatic carbocycles. The molecule has 8 heteroatoms. The first-order chi connectivity index (χ1) is 7.29. The van der Waals surface area contributed by atoms with Gasteiger partial charge in [0.2, 0.25) is 0 Å². The van der Waals surface area contributed by atoms with Crippen molar-refractivity contribution in [3.63, 3.8) is 0 Å². The number of halogens is 5. The number of hydrogen-bond acceptors (Lipinski definition) is 3. The quantitative estimate of drug-likeness (QED) is 0.736. The third kappa shape index (κ3) is 4.52. The minimum absolute atomic E-state index is 0.348. The number of ketones is 1. The van der Waals surface area contributed by atoms with Gasteiger partial charge in [0.15, 0.2) is 5.78 Å². The van der Waals surface area contributed by atoms with Crippen LogP contribution in [0.5, 0.6) is 0 Å². The molecule has 0 aromatic carbocycles. The third-order valence-corrected chi connectivity index (χ3v) is 4.72. The molecule has 0 spiro atoms. The van der Waals surface area contributed by atoms with E-state index < -0.39 is 25.2 Å². The van der Waals surface area contributed by atoms with Crippen LogP contribution < -0.4 is 0 Å². The molecule has 0 unspecified atom stereocenters. The maximum absolute atomic E-state index is 11.7. The van der Waals surface area contributed by atoms with Crippen molar-refractivity contribution in [2.24, 2.45) is 0 Å². The van der Waals surface area contributed by atoms with Crippen LogP contribution >= 0.6 is 43.2 Å². The number of carbonyl (C=O) groups is 1.